The van der Waals surface area contributed by atoms with Gasteiger partial charge in [0.1, 0.15) is 22.7 Å². The van der Waals surface area contributed by atoms with Gasteiger partial charge in [-0.15, -0.1) is 0 Å². The van der Waals surface area contributed by atoms with E-state index < -0.39 is 11.2 Å². The van der Waals surface area contributed by atoms with Gasteiger partial charge in [0.2, 0.25) is 0 Å². The van der Waals surface area contributed by atoms with Crippen LogP contribution in [-0.4, -0.2) is 50.9 Å². The number of rotatable bonds is 73. The summed E-state index contributed by atoms with van der Waals surface area (Å²) in [6.07, 6.45) is 72.4. The highest BCUT2D eigenvalue weighted by Crippen LogP contribution is 2.49. The zero-order chi connectivity index (χ0) is 79.3. The second kappa shape index (κ2) is 61.4. The molecule has 6 aromatic rings. The van der Waals surface area contributed by atoms with Crippen molar-refractivity contribution in [3.8, 4) is 45.6 Å². The van der Waals surface area contributed by atoms with Crippen molar-refractivity contribution in [2.75, 3.05) is 40.6 Å². The first-order valence-electron chi connectivity index (χ1n) is 47.0. The smallest absolute Gasteiger partial charge is 0.161 e. The lowest BCUT2D eigenvalue weighted by Gasteiger charge is -2.35. The number of hydrogen-bond donors (Lipinski definition) is 2. The second-order valence-corrected chi connectivity index (χ2v) is 33.1. The first-order chi connectivity index (χ1) is 55.3. The van der Waals surface area contributed by atoms with Crippen LogP contribution in [0.25, 0.3) is 11.1 Å². The van der Waals surface area contributed by atoms with E-state index in [1.807, 2.05) is 115 Å². The SMILES string of the molecule is CCCCCCCCCCCCCCCCOc1ccc(C(O)(c2ccc(OCCCCCCCCCCCCCCCC)c(OCCCCCCCCCCCCCCCC)c2)c2ccccc2-c2ccccc2C(O)(c2ccc(OC)cc2)c2ccc(OC)cc2)cc1OCCCCCCCCCCCCCCCC. The predicted octanol–water partition coefficient (Wildman–Crippen LogP) is 31.4. The number of hydrogen-bond acceptors (Lipinski definition) is 8. The van der Waals surface area contributed by atoms with Gasteiger partial charge in [-0.2, -0.15) is 0 Å². The van der Waals surface area contributed by atoms with E-state index in [4.69, 9.17) is 28.4 Å². The molecular formula is C104H162O8. The number of unbranched alkanes of at least 4 members (excludes halogenated alkanes) is 52. The zero-order valence-electron chi connectivity index (χ0n) is 72.5. The molecule has 0 unspecified atom stereocenters. The van der Waals surface area contributed by atoms with Gasteiger partial charge in [-0.3, -0.25) is 0 Å². The van der Waals surface area contributed by atoms with Gasteiger partial charge >= 0.3 is 0 Å². The summed E-state index contributed by atoms with van der Waals surface area (Å²) in [5, 5.41) is 28.8. The highest BCUT2D eigenvalue weighted by Gasteiger charge is 2.41. The first-order valence-corrected chi connectivity index (χ1v) is 47.0. The van der Waals surface area contributed by atoms with Gasteiger partial charge in [0.05, 0.1) is 40.6 Å². The van der Waals surface area contributed by atoms with Crippen LogP contribution in [0.2, 0.25) is 0 Å². The van der Waals surface area contributed by atoms with Crippen molar-refractivity contribution in [3.05, 3.63) is 167 Å². The Bertz CT molecular complexity index is 3060. The quantitative estimate of drug-likeness (QED) is 0.0288. The van der Waals surface area contributed by atoms with Crippen molar-refractivity contribution in [1.82, 2.24) is 0 Å². The molecule has 0 spiro atoms. The summed E-state index contributed by atoms with van der Waals surface area (Å²) in [5.41, 5.74) is 1.87. The van der Waals surface area contributed by atoms with Gasteiger partial charge < -0.3 is 38.6 Å². The molecule has 0 aliphatic rings. The molecule has 0 fully saturated rings. The van der Waals surface area contributed by atoms with E-state index >= 15 is 0 Å². The van der Waals surface area contributed by atoms with Crippen LogP contribution < -0.4 is 28.4 Å². The summed E-state index contributed by atoms with van der Waals surface area (Å²) in [7, 11) is 3.32. The largest absolute Gasteiger partial charge is 0.497 e. The topological polar surface area (TPSA) is 95.8 Å². The van der Waals surface area contributed by atoms with Crippen molar-refractivity contribution in [2.24, 2.45) is 0 Å². The van der Waals surface area contributed by atoms with E-state index in [9.17, 15) is 10.2 Å². The summed E-state index contributed by atoms with van der Waals surface area (Å²) in [6, 6.07) is 43.9. The van der Waals surface area contributed by atoms with Gasteiger partial charge in [-0.25, -0.2) is 0 Å². The minimum absolute atomic E-state index is 0.539. The molecule has 0 aliphatic carbocycles. The number of aliphatic hydroxyl groups is 2. The number of benzene rings is 6. The molecule has 2 N–H and O–H groups in total. The van der Waals surface area contributed by atoms with Crippen molar-refractivity contribution < 1.29 is 38.6 Å². The molecule has 0 saturated carbocycles. The Balaban J connectivity index is 1.34. The summed E-state index contributed by atoms with van der Waals surface area (Å²) in [4.78, 5) is 0. The molecule has 0 aromatic heterocycles. The lowest BCUT2D eigenvalue weighted by Crippen LogP contribution is -2.31. The summed E-state index contributed by atoms with van der Waals surface area (Å²) >= 11 is 0. The second-order valence-electron chi connectivity index (χ2n) is 33.1. The Kier molecular flexibility index (Phi) is 52.1. The minimum Gasteiger partial charge on any atom is -0.497 e. The normalized spacial score (nSPS) is 11.8. The standard InChI is InChI=1S/C104H162O8/c1-7-11-15-19-23-27-31-35-39-43-47-51-55-63-83-109-99-81-75-91(87-101(99)111-85-65-57-53-49-45-41-37-33-29-25-21-17-13-9-3)104(106,98-70-62-60-68-96(98)95-67-59-61-69-97(95)103(105,89-71-77-93(107-5)78-72-89)90-73-79-94(108-6)80-74-90)92-76-82-100(110-84-64-56-52-48-44-40-36-32-28-24-20-16-12-8-2)102(88-92)112-86-66-58-54-50-46-42-38-34-30-26-22-18-14-10-4/h59-62,67-82,87-88,105-106H,7-58,63-66,83-86H2,1-6H3. The van der Waals surface area contributed by atoms with E-state index in [2.05, 4.69) is 45.9 Å². The first kappa shape index (κ1) is 94.9. The Morgan fingerprint density at radius 3 is 0.643 bits per heavy atom. The van der Waals surface area contributed by atoms with Crippen LogP contribution in [0.1, 0.15) is 421 Å². The average Bonchev–Trinajstić information content (AvgIpc) is 0.731. The third-order valence-electron chi connectivity index (χ3n) is 23.7. The lowest BCUT2D eigenvalue weighted by atomic mass is 9.73. The van der Waals surface area contributed by atoms with Gasteiger partial charge in [-0.05, 0) is 108 Å². The molecule has 8 heteroatoms. The number of methoxy groups -OCH3 is 2. The van der Waals surface area contributed by atoms with Crippen LogP contribution >= 0.6 is 0 Å². The Morgan fingerprint density at radius 2 is 0.411 bits per heavy atom. The fraction of sp³-hybridized carbons (Fsp3) is 0.654. The maximum absolute atomic E-state index is 14.9. The van der Waals surface area contributed by atoms with Crippen LogP contribution in [-0.2, 0) is 11.2 Å². The maximum Gasteiger partial charge on any atom is 0.161 e. The molecule has 8 nitrogen and oxygen atoms in total. The van der Waals surface area contributed by atoms with Crippen LogP contribution in [0, 0.1) is 0 Å². The monoisotopic (exact) mass is 1540 g/mol. The molecule has 112 heavy (non-hydrogen) atoms. The third-order valence-corrected chi connectivity index (χ3v) is 23.7. The molecule has 0 aliphatic heterocycles. The molecule has 0 saturated heterocycles. The molecule has 0 radical (unpaired) electrons. The predicted molar refractivity (Wildman–Crippen MR) is 478 cm³/mol. The molecule has 6 aromatic carbocycles. The Hall–Kier alpha value is -5.96. The summed E-state index contributed by atoms with van der Waals surface area (Å²) < 4.78 is 39.0. The van der Waals surface area contributed by atoms with Crippen LogP contribution in [0.5, 0.6) is 34.5 Å². The van der Waals surface area contributed by atoms with E-state index in [1.54, 1.807) is 14.2 Å². The number of ether oxygens (including phenoxy) is 6. The molecule has 0 bridgehead atoms. The van der Waals surface area contributed by atoms with Crippen molar-refractivity contribution in [3.63, 3.8) is 0 Å². The molecule has 0 heterocycles. The van der Waals surface area contributed by atoms with E-state index in [-0.39, 0.29) is 0 Å². The zero-order valence-corrected chi connectivity index (χ0v) is 72.5. The van der Waals surface area contributed by atoms with Gasteiger partial charge in [0, 0.05) is 11.1 Å². The van der Waals surface area contributed by atoms with Gasteiger partial charge in [0.15, 0.2) is 23.0 Å². The molecular weight excluding hydrogens is 1380 g/mol. The van der Waals surface area contributed by atoms with Crippen LogP contribution in [0.15, 0.2) is 133 Å². The molecule has 0 amide bonds. The minimum atomic E-state index is -1.83. The van der Waals surface area contributed by atoms with E-state index in [0.29, 0.717) is 94.3 Å². The average molecular weight is 1540 g/mol. The highest BCUT2D eigenvalue weighted by molar-refractivity contribution is 5.77. The van der Waals surface area contributed by atoms with Crippen molar-refractivity contribution in [1.29, 1.82) is 0 Å². The van der Waals surface area contributed by atoms with Gasteiger partial charge in [-0.1, -0.05) is 447 Å². The van der Waals surface area contributed by atoms with Crippen molar-refractivity contribution in [2.45, 2.75) is 398 Å². The lowest BCUT2D eigenvalue weighted by molar-refractivity contribution is 0.123. The van der Waals surface area contributed by atoms with Crippen molar-refractivity contribution >= 4 is 0 Å². The molecule has 6 rings (SSSR count). The Morgan fingerprint density at radius 1 is 0.214 bits per heavy atom. The maximum atomic E-state index is 14.9. The van der Waals surface area contributed by atoms with Gasteiger partial charge in [0.25, 0.3) is 0 Å². The van der Waals surface area contributed by atoms with E-state index in [1.165, 1.54) is 308 Å². The Labute approximate surface area is 686 Å². The summed E-state index contributed by atoms with van der Waals surface area (Å²) in [6.45, 7) is 11.4. The van der Waals surface area contributed by atoms with E-state index in [0.717, 1.165) is 62.5 Å². The van der Waals surface area contributed by atoms with Crippen LogP contribution in [0.4, 0.5) is 0 Å². The third kappa shape index (κ3) is 36.5. The fourth-order valence-electron chi connectivity index (χ4n) is 16.5. The summed E-state index contributed by atoms with van der Waals surface area (Å²) in [5.74, 6) is 4.02. The van der Waals surface area contributed by atoms with Crippen LogP contribution in [0.3, 0.4) is 0 Å². The fourth-order valence-corrected chi connectivity index (χ4v) is 16.5. The highest BCUT2D eigenvalue weighted by atomic mass is 16.5. The molecule has 626 valence electrons. The molecule has 0 atom stereocenters.